The molecule has 3 heteroatoms. The molecule has 3 nitrogen and oxygen atoms in total. The molecule has 0 aliphatic heterocycles. The van der Waals surface area contributed by atoms with Gasteiger partial charge in [-0.25, -0.2) is 0 Å². The summed E-state index contributed by atoms with van der Waals surface area (Å²) >= 11 is 0. The van der Waals surface area contributed by atoms with E-state index in [1.54, 1.807) is 13.2 Å². The number of methoxy groups -OCH3 is 1. The quantitative estimate of drug-likeness (QED) is 0.440. The van der Waals surface area contributed by atoms with E-state index in [0.717, 1.165) is 36.0 Å². The lowest BCUT2D eigenvalue weighted by Crippen LogP contribution is -1.94. The summed E-state index contributed by atoms with van der Waals surface area (Å²) in [6.45, 7) is 5.98. The van der Waals surface area contributed by atoms with E-state index < -0.39 is 0 Å². The van der Waals surface area contributed by atoms with Crippen LogP contribution in [-0.2, 0) is 11.2 Å². The molecule has 0 aliphatic carbocycles. The summed E-state index contributed by atoms with van der Waals surface area (Å²) in [5.74, 6) is 3.19. The Bertz CT molecular complexity index is 778. The highest BCUT2D eigenvalue weighted by molar-refractivity contribution is 5.38. The number of benzene rings is 3. The van der Waals surface area contributed by atoms with Crippen LogP contribution in [0, 0.1) is 0 Å². The third-order valence-corrected chi connectivity index (χ3v) is 3.56. The highest BCUT2D eigenvalue weighted by Gasteiger charge is 2.01. The molecule has 3 aromatic carbocycles. The van der Waals surface area contributed by atoms with Crippen molar-refractivity contribution in [3.8, 4) is 23.0 Å². The van der Waals surface area contributed by atoms with Crippen molar-refractivity contribution >= 4 is 0 Å². The lowest BCUT2D eigenvalue weighted by Gasteiger charge is -2.09. The lowest BCUT2D eigenvalue weighted by molar-refractivity contribution is 0.202. The molecule has 3 rings (SSSR count). The minimum Gasteiger partial charge on any atom is -0.457 e. The van der Waals surface area contributed by atoms with Gasteiger partial charge in [0.1, 0.15) is 23.0 Å². The maximum atomic E-state index is 5.86. The van der Waals surface area contributed by atoms with E-state index >= 15 is 0 Å². The Balaban J connectivity index is 0.000000817. The topological polar surface area (TPSA) is 27.7 Å². The van der Waals surface area contributed by atoms with E-state index in [-0.39, 0.29) is 0 Å². The fourth-order valence-corrected chi connectivity index (χ4v) is 2.28. The van der Waals surface area contributed by atoms with Crippen LogP contribution in [0.25, 0.3) is 0 Å². The Morgan fingerprint density at radius 1 is 0.704 bits per heavy atom. The van der Waals surface area contributed by atoms with E-state index in [1.807, 2.05) is 73.7 Å². The molecule has 0 saturated carbocycles. The zero-order valence-corrected chi connectivity index (χ0v) is 15.9. The zero-order valence-electron chi connectivity index (χ0n) is 15.9. The number of para-hydroxylation sites is 1. The number of hydrogen-bond donors (Lipinski definition) is 0. The molecule has 0 aromatic heterocycles. The molecule has 0 atom stereocenters. The second-order valence-electron chi connectivity index (χ2n) is 5.78. The smallest absolute Gasteiger partial charge is 0.127 e. The molecule has 0 fully saturated rings. The van der Waals surface area contributed by atoms with Crippen molar-refractivity contribution in [2.45, 2.75) is 13.3 Å². The Kier molecular flexibility index (Phi) is 8.67. The molecule has 27 heavy (non-hydrogen) atoms. The van der Waals surface area contributed by atoms with Gasteiger partial charge < -0.3 is 14.2 Å². The summed E-state index contributed by atoms with van der Waals surface area (Å²) < 4.78 is 16.7. The zero-order chi connectivity index (χ0) is 19.3. The number of allylic oxidation sites excluding steroid dienone is 1. The van der Waals surface area contributed by atoms with Gasteiger partial charge in [0.15, 0.2) is 0 Å². The molecule has 0 amide bonds. The summed E-state index contributed by atoms with van der Waals surface area (Å²) in [5.41, 5.74) is 1.23. The van der Waals surface area contributed by atoms with Crippen molar-refractivity contribution < 1.29 is 14.2 Å². The molecule has 0 spiro atoms. The fraction of sp³-hybridized carbons (Fsp3) is 0.167. The van der Waals surface area contributed by atoms with Crippen LogP contribution in [0.15, 0.2) is 91.5 Å². The van der Waals surface area contributed by atoms with Crippen molar-refractivity contribution in [1.29, 1.82) is 0 Å². The largest absolute Gasteiger partial charge is 0.457 e. The molecule has 0 heterocycles. The predicted molar refractivity (Wildman–Crippen MR) is 111 cm³/mol. The van der Waals surface area contributed by atoms with Crippen molar-refractivity contribution in [2.75, 3.05) is 13.7 Å². The summed E-state index contributed by atoms with van der Waals surface area (Å²) in [4.78, 5) is 0. The van der Waals surface area contributed by atoms with Gasteiger partial charge in [-0.2, -0.15) is 0 Å². The first-order valence-corrected chi connectivity index (χ1v) is 8.91. The SMILES string of the molecule is C=CC.COCCc1ccc(Oc2ccc(Oc3ccccc3)cc2)cc1. The summed E-state index contributed by atoms with van der Waals surface area (Å²) in [6.07, 6.45) is 2.66. The Morgan fingerprint density at radius 2 is 1.11 bits per heavy atom. The molecule has 0 bridgehead atoms. The van der Waals surface area contributed by atoms with Gasteiger partial charge in [-0.15, -0.1) is 6.58 Å². The van der Waals surface area contributed by atoms with Gasteiger partial charge in [0.2, 0.25) is 0 Å². The van der Waals surface area contributed by atoms with Gasteiger partial charge in [-0.3, -0.25) is 0 Å². The number of rotatable bonds is 7. The second kappa shape index (κ2) is 11.6. The number of hydrogen-bond acceptors (Lipinski definition) is 3. The van der Waals surface area contributed by atoms with E-state index in [4.69, 9.17) is 14.2 Å². The maximum absolute atomic E-state index is 5.86. The molecule has 3 aromatic rings. The van der Waals surface area contributed by atoms with Gasteiger partial charge in [0, 0.05) is 7.11 Å². The van der Waals surface area contributed by atoms with Crippen LogP contribution in [0.5, 0.6) is 23.0 Å². The van der Waals surface area contributed by atoms with Crippen molar-refractivity contribution in [2.24, 2.45) is 0 Å². The highest BCUT2D eigenvalue weighted by Crippen LogP contribution is 2.26. The maximum Gasteiger partial charge on any atom is 0.127 e. The molecule has 0 unspecified atom stereocenters. The van der Waals surface area contributed by atoms with Crippen LogP contribution in [0.2, 0.25) is 0 Å². The van der Waals surface area contributed by atoms with Crippen molar-refractivity contribution in [1.82, 2.24) is 0 Å². The van der Waals surface area contributed by atoms with Gasteiger partial charge in [0.05, 0.1) is 6.61 Å². The van der Waals surface area contributed by atoms with Gasteiger partial charge in [0.25, 0.3) is 0 Å². The molecule has 0 radical (unpaired) electrons. The van der Waals surface area contributed by atoms with Crippen molar-refractivity contribution in [3.63, 3.8) is 0 Å². The lowest BCUT2D eigenvalue weighted by atomic mass is 10.1. The Hall–Kier alpha value is -3.04. The van der Waals surface area contributed by atoms with Gasteiger partial charge >= 0.3 is 0 Å². The van der Waals surface area contributed by atoms with Crippen LogP contribution < -0.4 is 9.47 Å². The van der Waals surface area contributed by atoms with E-state index in [9.17, 15) is 0 Å². The second-order valence-corrected chi connectivity index (χ2v) is 5.78. The first kappa shape index (κ1) is 20.3. The standard InChI is InChI=1S/C21H20O3.C3H6/c1-22-16-15-17-7-9-19(10-8-17)24-21-13-11-20(12-14-21)23-18-5-3-2-4-6-18;1-3-2/h2-14H,15-16H2,1H3;3H,1H2,2H3. The van der Waals surface area contributed by atoms with Crippen LogP contribution in [0.1, 0.15) is 12.5 Å². The molecular weight excluding hydrogens is 336 g/mol. The van der Waals surface area contributed by atoms with Gasteiger partial charge in [-0.05, 0) is 67.4 Å². The molecular formula is C24H26O3. The first-order valence-electron chi connectivity index (χ1n) is 8.91. The minimum absolute atomic E-state index is 0.725. The average Bonchev–Trinajstić information content (AvgIpc) is 2.70. The molecule has 0 saturated heterocycles. The van der Waals surface area contributed by atoms with Crippen LogP contribution >= 0.6 is 0 Å². The van der Waals surface area contributed by atoms with E-state index in [1.165, 1.54) is 5.56 Å². The van der Waals surface area contributed by atoms with E-state index in [0.29, 0.717) is 0 Å². The van der Waals surface area contributed by atoms with Crippen LogP contribution in [-0.4, -0.2) is 13.7 Å². The summed E-state index contributed by atoms with van der Waals surface area (Å²) in [6, 6.07) is 25.4. The van der Waals surface area contributed by atoms with Gasteiger partial charge in [-0.1, -0.05) is 36.4 Å². The number of ether oxygens (including phenoxy) is 3. The monoisotopic (exact) mass is 362 g/mol. The average molecular weight is 362 g/mol. The van der Waals surface area contributed by atoms with Crippen LogP contribution in [0.3, 0.4) is 0 Å². The van der Waals surface area contributed by atoms with Crippen LogP contribution in [0.4, 0.5) is 0 Å². The molecule has 140 valence electrons. The minimum atomic E-state index is 0.725. The highest BCUT2D eigenvalue weighted by atomic mass is 16.5. The fourth-order valence-electron chi connectivity index (χ4n) is 2.28. The molecule has 0 aliphatic rings. The van der Waals surface area contributed by atoms with E-state index in [2.05, 4.69) is 18.7 Å². The molecule has 0 N–H and O–H groups in total. The summed E-state index contributed by atoms with van der Waals surface area (Å²) in [7, 11) is 1.71. The van der Waals surface area contributed by atoms with Crippen molar-refractivity contribution in [3.05, 3.63) is 97.1 Å². The normalized spacial score (nSPS) is 9.70. The third kappa shape index (κ3) is 7.38. The summed E-state index contributed by atoms with van der Waals surface area (Å²) in [5, 5.41) is 0. The Morgan fingerprint density at radius 3 is 1.56 bits per heavy atom. The first-order chi connectivity index (χ1) is 13.2. The Labute approximate surface area is 161 Å². The third-order valence-electron chi connectivity index (χ3n) is 3.56. The predicted octanol–water partition coefficient (Wildman–Crippen LogP) is 6.65.